The van der Waals surface area contributed by atoms with Gasteiger partial charge in [-0.15, -0.1) is 0 Å². The number of likely N-dealkylation sites (N-methyl/N-ethyl adjacent to an activating group) is 1. The Morgan fingerprint density at radius 1 is 1.28 bits per heavy atom. The van der Waals surface area contributed by atoms with Crippen LogP contribution in [0.3, 0.4) is 0 Å². The van der Waals surface area contributed by atoms with Crippen LogP contribution >= 0.6 is 11.6 Å². The van der Waals surface area contributed by atoms with Gasteiger partial charge in [-0.3, -0.25) is 14.9 Å². The molecule has 0 aromatic heterocycles. The molecule has 0 saturated carbocycles. The Labute approximate surface area is 279 Å². The van der Waals surface area contributed by atoms with Gasteiger partial charge in [0.15, 0.2) is 5.72 Å². The van der Waals surface area contributed by atoms with Crippen molar-refractivity contribution in [2.45, 2.75) is 95.7 Å². The molecule has 3 amide bonds. The molecule has 0 aliphatic carbocycles. The molecule has 3 aliphatic rings. The quantitative estimate of drug-likeness (QED) is 0.318. The number of ether oxygens (including phenoxy) is 4. The average Bonchev–Trinajstić information content (AvgIpc) is 3.70. The molecule has 3 aliphatic heterocycles. The number of epoxide rings is 1. The van der Waals surface area contributed by atoms with E-state index >= 15 is 0 Å². The first kappa shape index (κ1) is 36.2. The second-order valence-electron chi connectivity index (χ2n) is 12.8. The van der Waals surface area contributed by atoms with E-state index in [1.165, 1.54) is 43.9 Å². The molecule has 47 heavy (non-hydrogen) atoms. The summed E-state index contributed by atoms with van der Waals surface area (Å²) in [5.74, 6) is -1.76. The molecule has 14 heteroatoms. The second-order valence-corrected chi connectivity index (χ2v) is 13.2. The molecule has 3 N–H and O–H groups in total. The summed E-state index contributed by atoms with van der Waals surface area (Å²) in [7, 11) is 4.49. The fourth-order valence-electron chi connectivity index (χ4n) is 6.01. The van der Waals surface area contributed by atoms with Crippen molar-refractivity contribution in [1.82, 2.24) is 10.2 Å². The molecule has 2 saturated heterocycles. The Morgan fingerprint density at radius 3 is 2.60 bits per heavy atom. The zero-order valence-corrected chi connectivity index (χ0v) is 28.7. The van der Waals surface area contributed by atoms with Crippen molar-refractivity contribution in [2.75, 3.05) is 26.1 Å². The topological polar surface area (TPSA) is 167 Å². The number of fused-ring (bicyclic) bond motifs is 5. The Hall–Kier alpha value is -3.65. The van der Waals surface area contributed by atoms with E-state index in [4.69, 9.17) is 30.5 Å². The number of benzene rings is 1. The van der Waals surface area contributed by atoms with Gasteiger partial charge in [0.05, 0.1) is 25.3 Å². The average molecular weight is 678 g/mol. The van der Waals surface area contributed by atoms with Gasteiger partial charge in [-0.2, -0.15) is 0 Å². The number of alkyl carbamates (subject to hydrolysis) is 1. The van der Waals surface area contributed by atoms with E-state index in [-0.39, 0.29) is 23.8 Å². The lowest BCUT2D eigenvalue weighted by atomic mass is 9.83. The molecule has 1 unspecified atom stereocenters. The lowest BCUT2D eigenvalue weighted by Crippen LogP contribution is -2.63. The van der Waals surface area contributed by atoms with E-state index in [0.717, 1.165) is 11.1 Å². The summed E-state index contributed by atoms with van der Waals surface area (Å²) in [6.07, 6.45) is -0.505. The number of carbonyl (C=O) groups excluding carboxylic acids is 4. The lowest BCUT2D eigenvalue weighted by molar-refractivity contribution is -0.161. The third kappa shape index (κ3) is 7.58. The minimum absolute atomic E-state index is 0.180. The van der Waals surface area contributed by atoms with Crippen LogP contribution in [-0.2, 0) is 35.0 Å². The fraction of sp³-hybridized carbons (Fsp3) is 0.576. The van der Waals surface area contributed by atoms with Crippen LogP contribution < -0.4 is 15.0 Å². The number of methoxy groups -OCH3 is 1. The summed E-state index contributed by atoms with van der Waals surface area (Å²) in [4.78, 5) is 54.4. The summed E-state index contributed by atoms with van der Waals surface area (Å²) in [6, 6.07) is 2.56. The maximum Gasteiger partial charge on any atom is 0.409 e. The Balaban J connectivity index is 1.78. The van der Waals surface area contributed by atoms with Gasteiger partial charge in [-0.25, -0.2) is 9.59 Å². The van der Waals surface area contributed by atoms with E-state index in [2.05, 4.69) is 5.32 Å². The Morgan fingerprint density at radius 2 is 1.96 bits per heavy atom. The number of nitrogens with zero attached hydrogens (tertiary/aromatic N) is 2. The number of halogens is 1. The van der Waals surface area contributed by atoms with Crippen molar-refractivity contribution in [3.8, 4) is 5.75 Å². The SMILES string of the molecule is COc1cc2cc(c1Cl)N(C)C(=O)C[C@H](OC(=O)[C@H](C)N(C)C(C)=O)C1(C)O[C@H]1[C@H](C)[C@@H]1C[C@@](O)(NC(=O)O1)[C@H](O)/C=C/C=C(\C)C2. The van der Waals surface area contributed by atoms with E-state index < -0.39 is 65.7 Å². The number of hydrogen-bond donors (Lipinski definition) is 3. The number of hydrogen-bond acceptors (Lipinski definition) is 10. The number of nitrogens with one attached hydrogen (secondary N) is 1. The first-order valence-electron chi connectivity index (χ1n) is 15.4. The number of carbonyl (C=O) groups is 4. The van der Waals surface area contributed by atoms with Crippen molar-refractivity contribution >= 4 is 41.2 Å². The molecular weight excluding hydrogens is 634 g/mol. The molecule has 1 aromatic rings. The molecule has 1 aromatic carbocycles. The number of aliphatic hydroxyl groups is 2. The van der Waals surface area contributed by atoms with Crippen LogP contribution in [0.5, 0.6) is 5.75 Å². The largest absolute Gasteiger partial charge is 0.495 e. The van der Waals surface area contributed by atoms with Gasteiger partial charge >= 0.3 is 12.1 Å². The van der Waals surface area contributed by atoms with Crippen molar-refractivity contribution in [1.29, 1.82) is 0 Å². The smallest absolute Gasteiger partial charge is 0.409 e. The highest BCUT2D eigenvalue weighted by Gasteiger charge is 2.64. The number of aliphatic hydroxyl groups excluding tert-OH is 1. The molecule has 8 atom stereocenters. The number of amides is 3. The molecule has 3 heterocycles. The maximum absolute atomic E-state index is 13.9. The molecule has 13 nitrogen and oxygen atoms in total. The highest BCUT2D eigenvalue weighted by Crippen LogP contribution is 2.49. The van der Waals surface area contributed by atoms with E-state index in [1.807, 2.05) is 6.92 Å². The highest BCUT2D eigenvalue weighted by molar-refractivity contribution is 6.35. The van der Waals surface area contributed by atoms with Crippen molar-refractivity contribution in [3.63, 3.8) is 0 Å². The zero-order chi connectivity index (χ0) is 35.0. The van der Waals surface area contributed by atoms with Crippen molar-refractivity contribution < 1.29 is 48.3 Å². The van der Waals surface area contributed by atoms with Gasteiger partial charge < -0.3 is 39.0 Å². The zero-order valence-electron chi connectivity index (χ0n) is 27.9. The number of esters is 1. The maximum atomic E-state index is 13.9. The number of rotatable bonds is 4. The molecule has 0 spiro atoms. The van der Waals surface area contributed by atoms with Gasteiger partial charge in [0.25, 0.3) is 0 Å². The lowest BCUT2D eigenvalue weighted by Gasteiger charge is -2.41. The summed E-state index contributed by atoms with van der Waals surface area (Å²) >= 11 is 6.68. The van der Waals surface area contributed by atoms with Crippen LogP contribution in [0.1, 0.15) is 53.0 Å². The standard InChI is InChI=1S/C33H44ClN3O10/c1-17-10-9-11-25(39)33(43)16-24(45-31(42)35-33)18(2)29-32(5,47-29)26(46-30(41)19(3)36(6)20(4)38)15-27(40)37(7)22-13-21(12-17)14-23(44-8)28(22)34/h9-11,13-14,18-19,24-26,29,39,43H,12,15-16H2,1-8H3,(H,35,42)/b11-9+,17-10+/t18-,19+,24+,25-,26+,29+,32?,33+/m1/s1. The van der Waals surface area contributed by atoms with Gasteiger partial charge in [0.2, 0.25) is 11.8 Å². The van der Waals surface area contributed by atoms with Crippen LogP contribution in [-0.4, -0.2) is 102 Å². The van der Waals surface area contributed by atoms with Gasteiger partial charge in [-0.05, 0) is 44.9 Å². The Bertz CT molecular complexity index is 1480. The van der Waals surface area contributed by atoms with Crippen molar-refractivity contribution in [2.24, 2.45) is 5.92 Å². The van der Waals surface area contributed by atoms with Crippen LogP contribution in [0.15, 0.2) is 35.9 Å². The van der Waals surface area contributed by atoms with E-state index in [0.29, 0.717) is 17.9 Å². The second kappa shape index (κ2) is 13.8. The molecular formula is C33H44ClN3O10. The van der Waals surface area contributed by atoms with Gasteiger partial charge in [0, 0.05) is 33.4 Å². The van der Waals surface area contributed by atoms with Crippen molar-refractivity contribution in [3.05, 3.63) is 46.5 Å². The molecule has 0 radical (unpaired) electrons. The molecule has 258 valence electrons. The Kier molecular flexibility index (Phi) is 10.7. The van der Waals surface area contributed by atoms with Crippen LogP contribution in [0.25, 0.3) is 0 Å². The summed E-state index contributed by atoms with van der Waals surface area (Å²) < 4.78 is 23.1. The fourth-order valence-corrected chi connectivity index (χ4v) is 6.33. The number of anilines is 1. The predicted octanol–water partition coefficient (Wildman–Crippen LogP) is 2.88. The minimum Gasteiger partial charge on any atom is -0.495 e. The third-order valence-corrected chi connectivity index (χ3v) is 9.78. The van der Waals surface area contributed by atoms with Crippen LogP contribution in [0.4, 0.5) is 10.5 Å². The molecule has 4 rings (SSSR count). The van der Waals surface area contributed by atoms with Gasteiger partial charge in [0.1, 0.15) is 40.7 Å². The first-order chi connectivity index (χ1) is 21.9. The summed E-state index contributed by atoms with van der Waals surface area (Å²) in [5, 5.41) is 24.8. The number of allylic oxidation sites excluding steroid dienone is 3. The predicted molar refractivity (Wildman–Crippen MR) is 172 cm³/mol. The van der Waals surface area contributed by atoms with Crippen LogP contribution in [0, 0.1) is 5.92 Å². The van der Waals surface area contributed by atoms with E-state index in [1.54, 1.807) is 45.2 Å². The van der Waals surface area contributed by atoms with Gasteiger partial charge in [-0.1, -0.05) is 42.3 Å². The van der Waals surface area contributed by atoms with Crippen LogP contribution in [0.2, 0.25) is 5.02 Å². The summed E-state index contributed by atoms with van der Waals surface area (Å²) in [6.45, 7) is 8.13. The molecule has 2 fully saturated rings. The normalized spacial score (nSPS) is 33.6. The summed E-state index contributed by atoms with van der Waals surface area (Å²) in [5.41, 5.74) is -1.25. The first-order valence-corrected chi connectivity index (χ1v) is 15.8. The third-order valence-electron chi connectivity index (χ3n) is 9.40. The minimum atomic E-state index is -2.05. The molecule has 4 bridgehead atoms. The monoisotopic (exact) mass is 677 g/mol. The van der Waals surface area contributed by atoms with E-state index in [9.17, 15) is 29.4 Å². The highest BCUT2D eigenvalue weighted by atomic mass is 35.5.